The maximum absolute atomic E-state index is 12.2. The Balaban J connectivity index is 1.84. The molecule has 0 bridgehead atoms. The minimum atomic E-state index is -0.628. The molecule has 0 saturated heterocycles. The van der Waals surface area contributed by atoms with Crippen molar-refractivity contribution in [3.63, 3.8) is 0 Å². The zero-order chi connectivity index (χ0) is 15.5. The molecular weight excluding hydrogens is 278 g/mol. The lowest BCUT2D eigenvalue weighted by Gasteiger charge is -2.06. The lowest BCUT2D eigenvalue weighted by molar-refractivity contribution is 0.0848. The van der Waals surface area contributed by atoms with Gasteiger partial charge in [0.25, 0.3) is 11.8 Å². The minimum Gasteiger partial charge on any atom is -0.507 e. The average Bonchev–Trinajstić information content (AvgIpc) is 2.54. The number of benzene rings is 3. The molecule has 0 aliphatic rings. The van der Waals surface area contributed by atoms with Crippen LogP contribution in [0.4, 0.5) is 0 Å². The lowest BCUT2D eigenvalue weighted by Crippen LogP contribution is -2.30. The molecule has 3 aromatic carbocycles. The molecule has 0 heterocycles. The molecule has 3 rings (SSSR count). The lowest BCUT2D eigenvalue weighted by atomic mass is 10.1. The van der Waals surface area contributed by atoms with E-state index in [0.717, 1.165) is 10.8 Å². The van der Waals surface area contributed by atoms with Gasteiger partial charge in [0.1, 0.15) is 5.75 Å². The van der Waals surface area contributed by atoms with E-state index < -0.39 is 11.8 Å². The molecule has 0 aromatic heterocycles. The van der Waals surface area contributed by atoms with E-state index in [1.54, 1.807) is 24.3 Å². The zero-order valence-electron chi connectivity index (χ0n) is 11.6. The van der Waals surface area contributed by atoms with Crippen LogP contribution in [0.2, 0.25) is 0 Å². The molecule has 2 amide bonds. The van der Waals surface area contributed by atoms with Gasteiger partial charge in [-0.3, -0.25) is 14.9 Å². The van der Waals surface area contributed by atoms with Gasteiger partial charge in [0.15, 0.2) is 0 Å². The normalized spacial score (nSPS) is 10.4. The molecule has 0 spiro atoms. The molecule has 0 fully saturated rings. The first-order valence-corrected chi connectivity index (χ1v) is 6.77. The van der Waals surface area contributed by atoms with Gasteiger partial charge in [-0.1, -0.05) is 42.5 Å². The Kier molecular flexibility index (Phi) is 3.58. The number of fused-ring (bicyclic) bond motifs is 1. The highest BCUT2D eigenvalue weighted by atomic mass is 16.3. The summed E-state index contributed by atoms with van der Waals surface area (Å²) in [5, 5.41) is 13.9. The van der Waals surface area contributed by atoms with Crippen molar-refractivity contribution in [2.24, 2.45) is 0 Å². The summed E-state index contributed by atoms with van der Waals surface area (Å²) in [6, 6.07) is 19.0. The van der Waals surface area contributed by atoms with Gasteiger partial charge in [0, 0.05) is 5.56 Å². The second kappa shape index (κ2) is 5.69. The van der Waals surface area contributed by atoms with E-state index in [1.165, 1.54) is 12.1 Å². The van der Waals surface area contributed by atoms with Crippen molar-refractivity contribution in [3.05, 3.63) is 77.9 Å². The van der Waals surface area contributed by atoms with E-state index in [2.05, 4.69) is 5.32 Å². The molecule has 0 radical (unpaired) electrons. The van der Waals surface area contributed by atoms with Crippen LogP contribution in [0.3, 0.4) is 0 Å². The van der Waals surface area contributed by atoms with Crippen molar-refractivity contribution in [1.82, 2.24) is 5.32 Å². The second-order valence-electron chi connectivity index (χ2n) is 4.86. The highest BCUT2D eigenvalue weighted by Gasteiger charge is 2.15. The molecule has 0 aliphatic heterocycles. The third kappa shape index (κ3) is 2.67. The first-order chi connectivity index (χ1) is 10.6. The summed E-state index contributed by atoms with van der Waals surface area (Å²) in [6.45, 7) is 0. The number of hydrogen-bond acceptors (Lipinski definition) is 3. The van der Waals surface area contributed by atoms with Gasteiger partial charge in [-0.05, 0) is 35.0 Å². The molecular formula is C18H13NO3. The van der Waals surface area contributed by atoms with Crippen molar-refractivity contribution in [3.8, 4) is 5.75 Å². The van der Waals surface area contributed by atoms with Crippen LogP contribution in [0.15, 0.2) is 66.7 Å². The first kappa shape index (κ1) is 13.8. The first-order valence-electron chi connectivity index (χ1n) is 6.77. The van der Waals surface area contributed by atoms with Gasteiger partial charge >= 0.3 is 0 Å². The van der Waals surface area contributed by atoms with Crippen LogP contribution in [-0.4, -0.2) is 16.9 Å². The van der Waals surface area contributed by atoms with Gasteiger partial charge in [0.2, 0.25) is 0 Å². The van der Waals surface area contributed by atoms with E-state index in [0.29, 0.717) is 5.56 Å². The quantitative estimate of drug-likeness (QED) is 0.713. The monoisotopic (exact) mass is 291 g/mol. The van der Waals surface area contributed by atoms with Crippen molar-refractivity contribution >= 4 is 22.6 Å². The fourth-order valence-corrected chi connectivity index (χ4v) is 2.24. The highest BCUT2D eigenvalue weighted by molar-refractivity contribution is 6.12. The Bertz CT molecular complexity index is 871. The highest BCUT2D eigenvalue weighted by Crippen LogP contribution is 2.17. The Morgan fingerprint density at radius 3 is 2.23 bits per heavy atom. The summed E-state index contributed by atoms with van der Waals surface area (Å²) >= 11 is 0. The van der Waals surface area contributed by atoms with Crippen LogP contribution in [-0.2, 0) is 0 Å². The number of imide groups is 1. The predicted molar refractivity (Wildman–Crippen MR) is 83.9 cm³/mol. The Morgan fingerprint density at radius 1 is 0.773 bits per heavy atom. The molecule has 4 heteroatoms. The fourth-order valence-electron chi connectivity index (χ4n) is 2.24. The number of amides is 2. The third-order valence-electron chi connectivity index (χ3n) is 3.39. The summed E-state index contributed by atoms with van der Waals surface area (Å²) in [4.78, 5) is 24.2. The number of para-hydroxylation sites is 1. The number of carbonyl (C=O) groups excluding carboxylic acids is 2. The number of aromatic hydroxyl groups is 1. The summed E-state index contributed by atoms with van der Waals surface area (Å²) < 4.78 is 0. The number of hydrogen-bond donors (Lipinski definition) is 2. The van der Waals surface area contributed by atoms with Crippen LogP contribution < -0.4 is 5.32 Å². The Hall–Kier alpha value is -3.14. The van der Waals surface area contributed by atoms with Crippen molar-refractivity contribution < 1.29 is 14.7 Å². The molecule has 2 N–H and O–H groups in total. The molecule has 0 saturated carbocycles. The molecule has 3 aromatic rings. The molecule has 4 nitrogen and oxygen atoms in total. The number of carbonyl (C=O) groups is 2. The zero-order valence-corrected chi connectivity index (χ0v) is 11.6. The average molecular weight is 291 g/mol. The van der Waals surface area contributed by atoms with Crippen LogP contribution in [0, 0.1) is 0 Å². The number of nitrogens with one attached hydrogen (secondary N) is 1. The standard InChI is InChI=1S/C18H13NO3/c20-16-8-4-3-7-15(16)18(22)19-17(21)14-10-9-12-5-1-2-6-13(12)11-14/h1-11,20H,(H,19,21,22). The Morgan fingerprint density at radius 2 is 1.45 bits per heavy atom. The van der Waals surface area contributed by atoms with E-state index in [4.69, 9.17) is 0 Å². The van der Waals surface area contributed by atoms with Crippen molar-refractivity contribution in [1.29, 1.82) is 0 Å². The largest absolute Gasteiger partial charge is 0.507 e. The molecule has 0 unspecified atom stereocenters. The van der Waals surface area contributed by atoms with Gasteiger partial charge < -0.3 is 5.11 Å². The van der Waals surface area contributed by atoms with E-state index in [1.807, 2.05) is 30.3 Å². The summed E-state index contributed by atoms with van der Waals surface area (Å²) in [5.41, 5.74) is 0.458. The number of phenols is 1. The van der Waals surface area contributed by atoms with Crippen LogP contribution in [0.25, 0.3) is 10.8 Å². The minimum absolute atomic E-state index is 0.0663. The van der Waals surface area contributed by atoms with E-state index in [9.17, 15) is 14.7 Å². The van der Waals surface area contributed by atoms with E-state index >= 15 is 0 Å². The summed E-state index contributed by atoms with van der Waals surface area (Å²) in [5.74, 6) is -1.29. The smallest absolute Gasteiger partial charge is 0.261 e. The van der Waals surface area contributed by atoms with E-state index in [-0.39, 0.29) is 11.3 Å². The van der Waals surface area contributed by atoms with Crippen molar-refractivity contribution in [2.45, 2.75) is 0 Å². The molecule has 22 heavy (non-hydrogen) atoms. The SMILES string of the molecule is O=C(NC(=O)c1ccccc1O)c1ccc2ccccc2c1. The topological polar surface area (TPSA) is 66.4 Å². The Labute approximate surface area is 127 Å². The molecule has 0 aliphatic carbocycles. The number of rotatable bonds is 2. The maximum atomic E-state index is 12.2. The summed E-state index contributed by atoms with van der Waals surface area (Å²) in [7, 11) is 0. The predicted octanol–water partition coefficient (Wildman–Crippen LogP) is 3.12. The van der Waals surface area contributed by atoms with Crippen molar-refractivity contribution in [2.75, 3.05) is 0 Å². The van der Waals surface area contributed by atoms with Gasteiger partial charge in [-0.2, -0.15) is 0 Å². The molecule has 108 valence electrons. The van der Waals surface area contributed by atoms with Gasteiger partial charge in [0.05, 0.1) is 5.56 Å². The van der Waals surface area contributed by atoms with Crippen LogP contribution in [0.1, 0.15) is 20.7 Å². The van der Waals surface area contributed by atoms with Gasteiger partial charge in [-0.25, -0.2) is 0 Å². The molecule has 0 atom stereocenters. The number of phenolic OH excluding ortho intramolecular Hbond substituents is 1. The fraction of sp³-hybridized carbons (Fsp3) is 0. The maximum Gasteiger partial charge on any atom is 0.261 e. The van der Waals surface area contributed by atoms with Crippen LogP contribution >= 0.6 is 0 Å². The third-order valence-corrected chi connectivity index (χ3v) is 3.39. The van der Waals surface area contributed by atoms with Crippen LogP contribution in [0.5, 0.6) is 5.75 Å². The second-order valence-corrected chi connectivity index (χ2v) is 4.86. The van der Waals surface area contributed by atoms with Gasteiger partial charge in [-0.15, -0.1) is 0 Å². The summed E-state index contributed by atoms with van der Waals surface area (Å²) in [6.07, 6.45) is 0.